The van der Waals surface area contributed by atoms with Crippen LogP contribution in [0.1, 0.15) is 22.3 Å². The zero-order chi connectivity index (χ0) is 25.2. The predicted molar refractivity (Wildman–Crippen MR) is 122 cm³/mol. The van der Waals surface area contributed by atoms with Crippen LogP contribution in [-0.4, -0.2) is 17.3 Å². The molecule has 0 aliphatic rings. The van der Waals surface area contributed by atoms with Crippen LogP contribution in [0.25, 0.3) is 22.1 Å². The zero-order valence-electron chi connectivity index (χ0n) is 18.6. The lowest BCUT2D eigenvalue weighted by Crippen LogP contribution is -2.08. The van der Waals surface area contributed by atoms with Crippen LogP contribution in [0.5, 0.6) is 11.5 Å². The van der Waals surface area contributed by atoms with E-state index in [1.54, 1.807) is 30.3 Å². The average Bonchev–Trinajstić information content (AvgIpc) is 2.86. The summed E-state index contributed by atoms with van der Waals surface area (Å²) in [5, 5.41) is 19.3. The van der Waals surface area contributed by atoms with E-state index >= 15 is 0 Å². The van der Waals surface area contributed by atoms with Gasteiger partial charge in [0, 0.05) is 0 Å². The topological polar surface area (TPSA) is 89.1 Å². The highest BCUT2D eigenvalue weighted by Gasteiger charge is 2.29. The van der Waals surface area contributed by atoms with Crippen LogP contribution in [0.4, 0.5) is 13.2 Å². The second-order valence-corrected chi connectivity index (χ2v) is 7.77. The van der Waals surface area contributed by atoms with E-state index in [0.717, 1.165) is 12.1 Å². The maximum absolute atomic E-state index is 13.2. The lowest BCUT2D eigenvalue weighted by atomic mass is 10.0. The quantitative estimate of drug-likeness (QED) is 0.380. The van der Waals surface area contributed by atoms with Gasteiger partial charge in [-0.15, -0.1) is 0 Å². The molecule has 2 N–H and O–H groups in total. The molecule has 4 rings (SSSR count). The fourth-order valence-corrected chi connectivity index (χ4v) is 3.72. The first-order valence-corrected chi connectivity index (χ1v) is 10.5. The second kappa shape index (κ2) is 9.81. The molecule has 0 saturated heterocycles. The van der Waals surface area contributed by atoms with E-state index in [2.05, 4.69) is 0 Å². The molecule has 1 aromatic heterocycles. The van der Waals surface area contributed by atoms with Gasteiger partial charge in [-0.25, -0.2) is 0 Å². The van der Waals surface area contributed by atoms with Gasteiger partial charge in [-0.05, 0) is 52.6 Å². The molecule has 3 aromatic carbocycles. The van der Waals surface area contributed by atoms with Crippen molar-refractivity contribution in [2.24, 2.45) is 0 Å². The first-order chi connectivity index (χ1) is 16.7. The number of halogens is 3. The Morgan fingerprint density at radius 1 is 0.914 bits per heavy atom. The lowest BCUT2D eigenvalue weighted by molar-refractivity contribution is -0.137. The monoisotopic (exact) mass is 486 g/mol. The molecule has 35 heavy (non-hydrogen) atoms. The van der Waals surface area contributed by atoms with Crippen LogP contribution >= 0.6 is 0 Å². The van der Waals surface area contributed by atoms with Gasteiger partial charge in [-0.2, -0.15) is 13.2 Å². The van der Waals surface area contributed by atoms with Gasteiger partial charge in [-0.3, -0.25) is 4.79 Å². The van der Waals surface area contributed by atoms with Gasteiger partial charge in [0.1, 0.15) is 18.5 Å². The van der Waals surface area contributed by atoms with Crippen molar-refractivity contribution in [1.29, 1.82) is 0 Å². The Hall–Kier alpha value is -3.82. The summed E-state index contributed by atoms with van der Waals surface area (Å²) in [4.78, 5) is 13.2. The van der Waals surface area contributed by atoms with E-state index in [0.29, 0.717) is 33.8 Å². The van der Waals surface area contributed by atoms with E-state index < -0.39 is 18.3 Å². The predicted octanol–water partition coefficient (Wildman–Crippen LogP) is 5.05. The van der Waals surface area contributed by atoms with Crippen LogP contribution < -0.4 is 14.9 Å². The first-order valence-electron chi connectivity index (χ1n) is 10.5. The maximum atomic E-state index is 13.2. The van der Waals surface area contributed by atoms with Crippen molar-refractivity contribution in [3.05, 3.63) is 93.3 Å². The molecular formula is C26H21F3O6. The highest BCUT2D eigenvalue weighted by molar-refractivity contribution is 5.85. The summed E-state index contributed by atoms with van der Waals surface area (Å²) < 4.78 is 55.0. The van der Waals surface area contributed by atoms with Gasteiger partial charge in [0.2, 0.25) is 5.43 Å². The zero-order valence-corrected chi connectivity index (χ0v) is 18.6. The van der Waals surface area contributed by atoms with Crippen molar-refractivity contribution in [3.8, 4) is 22.6 Å². The smallest absolute Gasteiger partial charge is 0.416 e. The third-order valence-corrected chi connectivity index (χ3v) is 5.52. The standard InChI is InChI=1S/C26H21F3O6/c1-33-22-10-17(4-7-21(22)34-13-15-2-5-19(6-3-15)26(27,28)29)20-14-35-23-9-16(11-30)8-18(12-31)24(23)25(20)32/h2-10,14,30-31H,11-13H2,1H3. The molecule has 0 bridgehead atoms. The molecule has 0 fully saturated rings. The molecule has 0 saturated carbocycles. The van der Waals surface area contributed by atoms with Crippen molar-refractivity contribution in [2.75, 3.05) is 7.11 Å². The maximum Gasteiger partial charge on any atom is 0.416 e. The summed E-state index contributed by atoms with van der Waals surface area (Å²) in [7, 11) is 1.42. The molecule has 4 aromatic rings. The highest BCUT2D eigenvalue weighted by Crippen LogP contribution is 2.34. The fourth-order valence-electron chi connectivity index (χ4n) is 3.72. The van der Waals surface area contributed by atoms with Crippen LogP contribution in [0.2, 0.25) is 0 Å². The number of alkyl halides is 3. The third-order valence-electron chi connectivity index (χ3n) is 5.52. The SMILES string of the molecule is COc1cc(-c2coc3cc(CO)cc(CO)c3c2=O)ccc1OCc1ccc(C(F)(F)F)cc1. The molecule has 0 atom stereocenters. The lowest BCUT2D eigenvalue weighted by Gasteiger charge is -2.13. The Labute approximate surface area is 197 Å². The number of benzene rings is 3. The number of aliphatic hydroxyl groups excluding tert-OH is 2. The van der Waals surface area contributed by atoms with Crippen molar-refractivity contribution in [1.82, 2.24) is 0 Å². The van der Waals surface area contributed by atoms with Gasteiger partial charge < -0.3 is 24.1 Å². The summed E-state index contributed by atoms with van der Waals surface area (Å²) in [6.45, 7) is -0.656. The van der Waals surface area contributed by atoms with Crippen LogP contribution in [0.3, 0.4) is 0 Å². The van der Waals surface area contributed by atoms with E-state index in [1.807, 2.05) is 0 Å². The summed E-state index contributed by atoms with van der Waals surface area (Å²) in [6.07, 6.45) is -3.11. The van der Waals surface area contributed by atoms with Crippen molar-refractivity contribution in [2.45, 2.75) is 26.0 Å². The molecule has 0 aliphatic heterocycles. The van der Waals surface area contributed by atoms with Gasteiger partial charge in [0.05, 0.1) is 36.8 Å². The summed E-state index contributed by atoms with van der Waals surface area (Å²) >= 11 is 0. The number of hydrogen-bond acceptors (Lipinski definition) is 6. The molecule has 0 aliphatic carbocycles. The highest BCUT2D eigenvalue weighted by atomic mass is 19.4. The molecule has 0 spiro atoms. The molecule has 9 heteroatoms. The van der Waals surface area contributed by atoms with Crippen molar-refractivity contribution in [3.63, 3.8) is 0 Å². The molecule has 1 heterocycles. The molecule has 6 nitrogen and oxygen atoms in total. The molecule has 0 radical (unpaired) electrons. The van der Waals surface area contributed by atoms with Gasteiger partial charge >= 0.3 is 6.18 Å². The van der Waals surface area contributed by atoms with Crippen LogP contribution in [0.15, 0.2) is 70.1 Å². The Balaban J connectivity index is 1.63. The fraction of sp³-hybridized carbons (Fsp3) is 0.192. The Kier molecular flexibility index (Phi) is 6.81. The number of aliphatic hydroxyl groups is 2. The van der Waals surface area contributed by atoms with Gasteiger partial charge in [-0.1, -0.05) is 24.3 Å². The average molecular weight is 486 g/mol. The van der Waals surface area contributed by atoms with Crippen LogP contribution in [0, 0.1) is 0 Å². The Morgan fingerprint density at radius 3 is 2.29 bits per heavy atom. The van der Waals surface area contributed by atoms with Crippen molar-refractivity contribution < 1.29 is 37.3 Å². The van der Waals surface area contributed by atoms with E-state index in [1.165, 1.54) is 25.5 Å². The minimum absolute atomic E-state index is 0.0129. The largest absolute Gasteiger partial charge is 0.493 e. The van der Waals surface area contributed by atoms with E-state index in [4.69, 9.17) is 13.9 Å². The van der Waals surface area contributed by atoms with E-state index in [-0.39, 0.29) is 35.2 Å². The third kappa shape index (κ3) is 5.01. The van der Waals surface area contributed by atoms with Crippen molar-refractivity contribution >= 4 is 11.0 Å². The van der Waals surface area contributed by atoms with E-state index in [9.17, 15) is 28.2 Å². The summed E-state index contributed by atoms with van der Waals surface area (Å²) in [5.74, 6) is 0.650. The van der Waals surface area contributed by atoms with Crippen LogP contribution in [-0.2, 0) is 26.0 Å². The number of methoxy groups -OCH3 is 1. The summed E-state index contributed by atoms with van der Waals surface area (Å²) in [6, 6.07) is 12.5. The molecular weight excluding hydrogens is 465 g/mol. The van der Waals surface area contributed by atoms with Gasteiger partial charge in [0.25, 0.3) is 0 Å². The summed E-state index contributed by atoms with van der Waals surface area (Å²) in [5.41, 5.74) is 1.25. The minimum atomic E-state index is -4.41. The Morgan fingerprint density at radius 2 is 1.66 bits per heavy atom. The Bertz CT molecular complexity index is 1410. The molecule has 0 unspecified atom stereocenters. The second-order valence-electron chi connectivity index (χ2n) is 7.77. The number of hydrogen-bond donors (Lipinski definition) is 2. The molecule has 182 valence electrons. The normalized spacial score (nSPS) is 11.6. The minimum Gasteiger partial charge on any atom is -0.493 e. The number of rotatable bonds is 7. The molecule has 0 amide bonds. The number of ether oxygens (including phenoxy) is 2. The van der Waals surface area contributed by atoms with Gasteiger partial charge in [0.15, 0.2) is 11.5 Å². The number of fused-ring (bicyclic) bond motifs is 1. The first kappa shape index (κ1) is 24.3.